The highest BCUT2D eigenvalue weighted by Gasteiger charge is 2.22. The van der Waals surface area contributed by atoms with Crippen molar-refractivity contribution in [1.82, 2.24) is 20.2 Å². The zero-order valence-electron chi connectivity index (χ0n) is 13.0. The van der Waals surface area contributed by atoms with Crippen molar-refractivity contribution in [2.24, 2.45) is 0 Å². The third-order valence-corrected chi connectivity index (χ3v) is 4.32. The molecule has 1 N–H and O–H groups in total. The highest BCUT2D eigenvalue weighted by Crippen LogP contribution is 2.26. The van der Waals surface area contributed by atoms with Crippen LogP contribution >= 0.6 is 11.8 Å². The second-order valence-electron chi connectivity index (χ2n) is 5.47. The van der Waals surface area contributed by atoms with E-state index in [1.54, 1.807) is 4.68 Å². The first-order valence-corrected chi connectivity index (χ1v) is 8.26. The zero-order chi connectivity index (χ0) is 17.6. The molecule has 5 nitrogen and oxygen atoms in total. The molecule has 9 heteroatoms. The van der Waals surface area contributed by atoms with E-state index in [1.807, 2.05) is 30.3 Å². The summed E-state index contributed by atoms with van der Waals surface area (Å²) in [5, 5.41) is 22.2. The summed E-state index contributed by atoms with van der Waals surface area (Å²) in [7, 11) is 0. The van der Waals surface area contributed by atoms with Crippen LogP contribution in [0.2, 0.25) is 0 Å². The fourth-order valence-corrected chi connectivity index (χ4v) is 3.04. The third kappa shape index (κ3) is 5.34. The van der Waals surface area contributed by atoms with Crippen molar-refractivity contribution in [3.8, 4) is 5.69 Å². The number of halogens is 3. The maximum absolute atomic E-state index is 12.8. The summed E-state index contributed by atoms with van der Waals surface area (Å²) in [6.07, 6.45) is -2.61. The van der Waals surface area contributed by atoms with Gasteiger partial charge < -0.3 is 5.11 Å². The molecule has 1 atom stereocenters. The average Bonchev–Trinajstić information content (AvgIpc) is 3.01. The molecule has 0 saturated carbocycles. The number of para-hydroxylation sites is 1. The number of rotatable bonds is 8. The van der Waals surface area contributed by atoms with Gasteiger partial charge in [0.1, 0.15) is 0 Å². The summed E-state index contributed by atoms with van der Waals surface area (Å²) in [4.78, 5) is 0. The SMILES string of the molecule is C[C@@](O)(CCSc1nnnn1-c1ccccc1)CCC(F)=C(F)F. The number of tetrazole rings is 1. The first-order valence-electron chi connectivity index (χ1n) is 7.28. The number of hydrogen-bond donors (Lipinski definition) is 1. The number of nitrogens with zero attached hydrogens (tertiary/aromatic N) is 4. The van der Waals surface area contributed by atoms with E-state index in [2.05, 4.69) is 15.5 Å². The Labute approximate surface area is 141 Å². The zero-order valence-corrected chi connectivity index (χ0v) is 13.8. The smallest absolute Gasteiger partial charge is 0.301 e. The Morgan fingerprint density at radius 3 is 2.58 bits per heavy atom. The van der Waals surface area contributed by atoms with E-state index < -0.39 is 23.9 Å². The molecule has 2 aromatic rings. The number of allylic oxidation sites excluding steroid dienone is 1. The van der Waals surface area contributed by atoms with E-state index in [0.29, 0.717) is 17.3 Å². The molecule has 0 spiro atoms. The molecule has 24 heavy (non-hydrogen) atoms. The lowest BCUT2D eigenvalue weighted by Crippen LogP contribution is -2.25. The maximum Gasteiger partial charge on any atom is 0.301 e. The topological polar surface area (TPSA) is 63.8 Å². The molecule has 0 fully saturated rings. The molecule has 0 aliphatic rings. The van der Waals surface area contributed by atoms with Gasteiger partial charge in [-0.2, -0.15) is 13.5 Å². The molecule has 1 heterocycles. The molecule has 1 aromatic carbocycles. The van der Waals surface area contributed by atoms with E-state index in [1.165, 1.54) is 18.7 Å². The predicted molar refractivity (Wildman–Crippen MR) is 84.7 cm³/mol. The molecule has 1 aromatic heterocycles. The van der Waals surface area contributed by atoms with Crippen molar-refractivity contribution >= 4 is 11.8 Å². The van der Waals surface area contributed by atoms with Crippen LogP contribution in [0.1, 0.15) is 26.2 Å². The second-order valence-corrected chi connectivity index (χ2v) is 6.53. The van der Waals surface area contributed by atoms with E-state index in [4.69, 9.17) is 0 Å². The fraction of sp³-hybridized carbons (Fsp3) is 0.400. The van der Waals surface area contributed by atoms with Crippen LogP contribution in [0.15, 0.2) is 47.4 Å². The van der Waals surface area contributed by atoms with Gasteiger partial charge in [0, 0.05) is 12.2 Å². The first-order chi connectivity index (χ1) is 11.4. The standard InChI is InChI=1S/C15H17F3N4OS/c1-15(23,8-7-12(16)13(17)18)9-10-24-14-19-20-21-22(14)11-5-3-2-4-6-11/h2-6,23H,7-10H2,1H3/t15-/m0/s1. The first kappa shape index (κ1) is 18.5. The fourth-order valence-electron chi connectivity index (χ4n) is 1.96. The second kappa shape index (κ2) is 8.29. The van der Waals surface area contributed by atoms with E-state index in [0.717, 1.165) is 5.69 Å². The molecule has 0 radical (unpaired) electrons. The molecule has 0 amide bonds. The van der Waals surface area contributed by atoms with Crippen LogP contribution in [-0.4, -0.2) is 36.7 Å². The molecule has 0 saturated heterocycles. The predicted octanol–water partition coefficient (Wildman–Crippen LogP) is 3.75. The lowest BCUT2D eigenvalue weighted by Gasteiger charge is -2.22. The summed E-state index contributed by atoms with van der Waals surface area (Å²) in [6, 6.07) is 9.32. The Balaban J connectivity index is 1.88. The highest BCUT2D eigenvalue weighted by atomic mass is 32.2. The lowest BCUT2D eigenvalue weighted by molar-refractivity contribution is 0.0466. The van der Waals surface area contributed by atoms with Gasteiger partial charge in [-0.15, -0.1) is 5.10 Å². The number of hydrogen-bond acceptors (Lipinski definition) is 5. The summed E-state index contributed by atoms with van der Waals surface area (Å²) in [5.74, 6) is -1.01. The molecular weight excluding hydrogens is 341 g/mol. The van der Waals surface area contributed by atoms with Crippen LogP contribution in [0.3, 0.4) is 0 Å². The average molecular weight is 358 g/mol. The van der Waals surface area contributed by atoms with Crippen molar-refractivity contribution < 1.29 is 18.3 Å². The van der Waals surface area contributed by atoms with Crippen LogP contribution in [0.4, 0.5) is 13.2 Å². The van der Waals surface area contributed by atoms with Crippen molar-refractivity contribution in [2.75, 3.05) is 5.75 Å². The van der Waals surface area contributed by atoms with Crippen molar-refractivity contribution in [3.63, 3.8) is 0 Å². The molecule has 2 rings (SSSR count). The molecule has 0 aliphatic heterocycles. The van der Waals surface area contributed by atoms with E-state index in [9.17, 15) is 18.3 Å². The Bertz CT molecular complexity index is 687. The summed E-state index contributed by atoms with van der Waals surface area (Å²) >= 11 is 1.33. The molecule has 0 aliphatic carbocycles. The third-order valence-electron chi connectivity index (χ3n) is 3.40. The summed E-state index contributed by atoms with van der Waals surface area (Å²) in [5.41, 5.74) is -0.437. The largest absolute Gasteiger partial charge is 0.390 e. The van der Waals surface area contributed by atoms with E-state index >= 15 is 0 Å². The van der Waals surface area contributed by atoms with Crippen molar-refractivity contribution in [1.29, 1.82) is 0 Å². The summed E-state index contributed by atoms with van der Waals surface area (Å²) < 4.78 is 38.5. The number of thioether (sulfide) groups is 1. The van der Waals surface area contributed by atoms with Crippen molar-refractivity contribution in [3.05, 3.63) is 42.2 Å². The Morgan fingerprint density at radius 2 is 1.92 bits per heavy atom. The quantitative estimate of drug-likeness (QED) is 0.728. The Morgan fingerprint density at radius 1 is 1.21 bits per heavy atom. The number of aromatic nitrogens is 4. The van der Waals surface area contributed by atoms with Crippen LogP contribution in [0, 0.1) is 0 Å². The van der Waals surface area contributed by atoms with Gasteiger partial charge in [-0.1, -0.05) is 30.0 Å². The summed E-state index contributed by atoms with van der Waals surface area (Å²) in [6.45, 7) is 1.50. The van der Waals surface area contributed by atoms with Gasteiger partial charge in [0.05, 0.1) is 11.3 Å². The van der Waals surface area contributed by atoms with Gasteiger partial charge in [0.25, 0.3) is 0 Å². The monoisotopic (exact) mass is 358 g/mol. The normalized spacial score (nSPS) is 13.5. The van der Waals surface area contributed by atoms with E-state index in [-0.39, 0.29) is 6.42 Å². The highest BCUT2D eigenvalue weighted by molar-refractivity contribution is 7.99. The minimum atomic E-state index is -2.33. The molecular formula is C15H17F3N4OS. The van der Waals surface area contributed by atoms with Gasteiger partial charge in [-0.25, -0.2) is 4.39 Å². The molecule has 0 unspecified atom stereocenters. The van der Waals surface area contributed by atoms with Gasteiger partial charge in [0.15, 0.2) is 5.83 Å². The molecule has 130 valence electrons. The van der Waals surface area contributed by atoms with Gasteiger partial charge >= 0.3 is 6.08 Å². The minimum absolute atomic E-state index is 0.0830. The maximum atomic E-state index is 12.8. The van der Waals surface area contributed by atoms with Gasteiger partial charge in [-0.05, 0) is 42.3 Å². The lowest BCUT2D eigenvalue weighted by atomic mass is 9.97. The van der Waals surface area contributed by atoms with Crippen LogP contribution in [-0.2, 0) is 0 Å². The van der Waals surface area contributed by atoms with Gasteiger partial charge in [0.2, 0.25) is 5.16 Å². The van der Waals surface area contributed by atoms with Crippen molar-refractivity contribution in [2.45, 2.75) is 36.9 Å². The molecule has 0 bridgehead atoms. The number of aliphatic hydroxyl groups is 1. The van der Waals surface area contributed by atoms with Crippen LogP contribution in [0.5, 0.6) is 0 Å². The Hall–Kier alpha value is -1.87. The minimum Gasteiger partial charge on any atom is -0.390 e. The van der Waals surface area contributed by atoms with Gasteiger partial charge in [-0.3, -0.25) is 0 Å². The Kier molecular flexibility index (Phi) is 6.38. The van der Waals surface area contributed by atoms with Crippen LogP contribution in [0.25, 0.3) is 5.69 Å². The number of benzene rings is 1. The van der Waals surface area contributed by atoms with Crippen LogP contribution < -0.4 is 0 Å².